The molecule has 2 heterocycles. The minimum absolute atomic E-state index is 0.0310. The number of hydrogen-bond donors (Lipinski definition) is 3. The van der Waals surface area contributed by atoms with Crippen molar-refractivity contribution in [2.45, 2.75) is 50.3 Å². The molecule has 0 spiro atoms. The van der Waals surface area contributed by atoms with Gasteiger partial charge in [0, 0.05) is 23.5 Å². The van der Waals surface area contributed by atoms with Gasteiger partial charge >= 0.3 is 0 Å². The highest BCUT2D eigenvalue weighted by molar-refractivity contribution is 7.92. The third kappa shape index (κ3) is 3.37. The molecule has 0 radical (unpaired) electrons. The van der Waals surface area contributed by atoms with Crippen molar-refractivity contribution in [3.05, 3.63) is 47.0 Å². The Morgan fingerprint density at radius 3 is 2.55 bits per heavy atom. The summed E-state index contributed by atoms with van der Waals surface area (Å²) in [5.41, 5.74) is 3.31. The number of nitrogens with one attached hydrogen (secondary N) is 3. The number of amides is 2. The first-order valence-corrected chi connectivity index (χ1v) is 11.0. The van der Waals surface area contributed by atoms with Crippen molar-refractivity contribution in [1.82, 2.24) is 0 Å². The standard InChI is InChI=1S/C21H23N3O4S/c1-12-9-15(11-16-19(12)23-20(26)21(16,2)3)29(27,28)24-14-7-8-17-13(10-14)5-4-6-18(25)22-17/h7-11,24H,4-6H2,1-3H3,(H,22,25)(H,23,26). The molecule has 0 bridgehead atoms. The van der Waals surface area contributed by atoms with Gasteiger partial charge in [-0.25, -0.2) is 8.42 Å². The molecule has 2 aromatic rings. The molecule has 0 saturated heterocycles. The molecule has 2 amide bonds. The molecule has 0 aromatic heterocycles. The van der Waals surface area contributed by atoms with E-state index in [1.54, 1.807) is 51.1 Å². The molecular formula is C21H23N3O4S. The maximum absolute atomic E-state index is 13.0. The van der Waals surface area contributed by atoms with Gasteiger partial charge in [0.2, 0.25) is 11.8 Å². The number of anilines is 3. The van der Waals surface area contributed by atoms with Crippen LogP contribution in [0.2, 0.25) is 0 Å². The molecule has 3 N–H and O–H groups in total. The summed E-state index contributed by atoms with van der Waals surface area (Å²) in [5, 5.41) is 5.68. The van der Waals surface area contributed by atoms with Crippen LogP contribution in [0.3, 0.4) is 0 Å². The molecule has 2 aliphatic rings. The Morgan fingerprint density at radius 2 is 1.79 bits per heavy atom. The summed E-state index contributed by atoms with van der Waals surface area (Å²) in [7, 11) is -3.85. The summed E-state index contributed by atoms with van der Waals surface area (Å²) in [4.78, 5) is 24.0. The average molecular weight is 413 g/mol. The van der Waals surface area contributed by atoms with Crippen LogP contribution in [0.25, 0.3) is 0 Å². The van der Waals surface area contributed by atoms with Crippen molar-refractivity contribution in [2.24, 2.45) is 0 Å². The minimum Gasteiger partial charge on any atom is -0.326 e. The zero-order valence-electron chi connectivity index (χ0n) is 16.5. The molecule has 0 fully saturated rings. The maximum atomic E-state index is 13.0. The number of carbonyl (C=O) groups excluding carboxylic acids is 2. The van der Waals surface area contributed by atoms with E-state index in [-0.39, 0.29) is 16.7 Å². The van der Waals surface area contributed by atoms with Crippen LogP contribution in [0.5, 0.6) is 0 Å². The summed E-state index contributed by atoms with van der Waals surface area (Å²) < 4.78 is 28.7. The van der Waals surface area contributed by atoms with Gasteiger partial charge in [0.05, 0.1) is 10.3 Å². The van der Waals surface area contributed by atoms with Crippen LogP contribution in [0.1, 0.15) is 43.4 Å². The molecule has 0 saturated carbocycles. The lowest BCUT2D eigenvalue weighted by molar-refractivity contribution is -0.119. The molecular weight excluding hydrogens is 390 g/mol. The number of benzene rings is 2. The largest absolute Gasteiger partial charge is 0.326 e. The van der Waals surface area contributed by atoms with Crippen LogP contribution in [0, 0.1) is 6.92 Å². The second kappa shape index (κ2) is 6.59. The number of aryl methyl sites for hydroxylation is 2. The Labute approximate surface area is 169 Å². The molecule has 152 valence electrons. The van der Waals surface area contributed by atoms with E-state index in [1.165, 1.54) is 0 Å². The number of fused-ring (bicyclic) bond motifs is 2. The fourth-order valence-electron chi connectivity index (χ4n) is 3.81. The third-order valence-electron chi connectivity index (χ3n) is 5.58. The molecule has 8 heteroatoms. The Bertz CT molecular complexity index is 1150. The Morgan fingerprint density at radius 1 is 1.03 bits per heavy atom. The van der Waals surface area contributed by atoms with E-state index in [2.05, 4.69) is 15.4 Å². The predicted molar refractivity (Wildman–Crippen MR) is 112 cm³/mol. The highest BCUT2D eigenvalue weighted by atomic mass is 32.2. The SMILES string of the molecule is Cc1cc(S(=O)(=O)Nc2ccc3c(c2)CCCC(=O)N3)cc2c1NC(=O)C2(C)C. The van der Waals surface area contributed by atoms with E-state index in [1.807, 2.05) is 0 Å². The van der Waals surface area contributed by atoms with Gasteiger partial charge in [-0.05, 0) is 80.6 Å². The van der Waals surface area contributed by atoms with Gasteiger partial charge in [-0.15, -0.1) is 0 Å². The fourth-order valence-corrected chi connectivity index (χ4v) is 4.97. The maximum Gasteiger partial charge on any atom is 0.261 e. The minimum atomic E-state index is -3.85. The van der Waals surface area contributed by atoms with Crippen LogP contribution >= 0.6 is 0 Å². The van der Waals surface area contributed by atoms with Gasteiger partial charge in [0.15, 0.2) is 0 Å². The number of hydrogen-bond acceptors (Lipinski definition) is 4. The number of sulfonamides is 1. The Kier molecular flexibility index (Phi) is 4.42. The van der Waals surface area contributed by atoms with Crippen molar-refractivity contribution in [1.29, 1.82) is 0 Å². The smallest absolute Gasteiger partial charge is 0.261 e. The monoisotopic (exact) mass is 413 g/mol. The highest BCUT2D eigenvalue weighted by Gasteiger charge is 2.40. The van der Waals surface area contributed by atoms with Crippen molar-refractivity contribution in [3.63, 3.8) is 0 Å². The number of carbonyl (C=O) groups is 2. The van der Waals surface area contributed by atoms with Gasteiger partial charge in [0.25, 0.3) is 10.0 Å². The summed E-state index contributed by atoms with van der Waals surface area (Å²) in [6.07, 6.45) is 1.87. The fraction of sp³-hybridized carbons (Fsp3) is 0.333. The van der Waals surface area contributed by atoms with Gasteiger partial charge in [-0.2, -0.15) is 0 Å². The van der Waals surface area contributed by atoms with Crippen molar-refractivity contribution >= 4 is 38.9 Å². The third-order valence-corrected chi connectivity index (χ3v) is 6.94. The van der Waals surface area contributed by atoms with Gasteiger partial charge < -0.3 is 10.6 Å². The molecule has 29 heavy (non-hydrogen) atoms. The molecule has 0 aliphatic carbocycles. The van der Waals surface area contributed by atoms with E-state index in [4.69, 9.17) is 0 Å². The van der Waals surface area contributed by atoms with E-state index >= 15 is 0 Å². The molecule has 7 nitrogen and oxygen atoms in total. The summed E-state index contributed by atoms with van der Waals surface area (Å²) in [6.45, 7) is 5.33. The van der Waals surface area contributed by atoms with Crippen LogP contribution < -0.4 is 15.4 Å². The predicted octanol–water partition coefficient (Wildman–Crippen LogP) is 3.30. The lowest BCUT2D eigenvalue weighted by Gasteiger charge is -2.17. The first-order chi connectivity index (χ1) is 13.6. The van der Waals surface area contributed by atoms with Crippen LogP contribution in [0.4, 0.5) is 17.1 Å². The zero-order valence-corrected chi connectivity index (χ0v) is 17.4. The lowest BCUT2D eigenvalue weighted by Crippen LogP contribution is -2.27. The van der Waals surface area contributed by atoms with Crippen molar-refractivity contribution in [3.8, 4) is 0 Å². The zero-order chi connectivity index (χ0) is 21.0. The molecule has 4 rings (SSSR count). The summed E-state index contributed by atoms with van der Waals surface area (Å²) >= 11 is 0. The van der Waals surface area contributed by atoms with E-state index in [9.17, 15) is 18.0 Å². The highest BCUT2D eigenvalue weighted by Crippen LogP contribution is 2.41. The van der Waals surface area contributed by atoms with Gasteiger partial charge in [-0.1, -0.05) is 0 Å². The topological polar surface area (TPSA) is 104 Å². The van der Waals surface area contributed by atoms with Crippen molar-refractivity contribution < 1.29 is 18.0 Å². The van der Waals surface area contributed by atoms with E-state index in [0.717, 1.165) is 17.7 Å². The molecule has 0 unspecified atom stereocenters. The van der Waals surface area contributed by atoms with Gasteiger partial charge in [-0.3, -0.25) is 14.3 Å². The molecule has 2 aromatic carbocycles. The van der Waals surface area contributed by atoms with Crippen molar-refractivity contribution in [2.75, 3.05) is 15.4 Å². The second-order valence-corrected chi connectivity index (χ2v) is 9.80. The first-order valence-electron chi connectivity index (χ1n) is 9.50. The van der Waals surface area contributed by atoms with Crippen LogP contribution in [-0.4, -0.2) is 20.2 Å². The first kappa shape index (κ1) is 19.4. The van der Waals surface area contributed by atoms with Crippen LogP contribution in [0.15, 0.2) is 35.2 Å². The van der Waals surface area contributed by atoms with E-state index in [0.29, 0.717) is 35.3 Å². The van der Waals surface area contributed by atoms with Crippen LogP contribution in [-0.2, 0) is 31.4 Å². The van der Waals surface area contributed by atoms with Gasteiger partial charge in [0.1, 0.15) is 0 Å². The summed E-state index contributed by atoms with van der Waals surface area (Å²) in [5.74, 6) is -0.178. The van der Waals surface area contributed by atoms with E-state index < -0.39 is 15.4 Å². The summed E-state index contributed by atoms with van der Waals surface area (Å²) in [6, 6.07) is 8.24. The second-order valence-electron chi connectivity index (χ2n) is 8.12. The number of rotatable bonds is 3. The average Bonchev–Trinajstić information content (AvgIpc) is 2.77. The normalized spacial score (nSPS) is 17.6. The molecule has 0 atom stereocenters. The quantitative estimate of drug-likeness (QED) is 0.718. The molecule has 2 aliphatic heterocycles. The lowest BCUT2D eigenvalue weighted by atomic mass is 9.85. The Hall–Kier alpha value is -2.87. The Balaban J connectivity index is 1.68.